The quantitative estimate of drug-likeness (QED) is 0.793. The molecule has 1 atom stereocenters. The van der Waals surface area contributed by atoms with Crippen LogP contribution in [-0.2, 0) is 22.6 Å². The highest BCUT2D eigenvalue weighted by atomic mass is 16.6. The van der Waals surface area contributed by atoms with Gasteiger partial charge in [-0.1, -0.05) is 0 Å². The van der Waals surface area contributed by atoms with Crippen LogP contribution in [0.2, 0.25) is 0 Å². The molecule has 0 amide bonds. The summed E-state index contributed by atoms with van der Waals surface area (Å²) in [5.41, 5.74) is -0.423. The third kappa shape index (κ3) is 3.60. The number of likely N-dealkylation sites (tertiary alicyclic amines) is 1. The molecule has 0 unspecified atom stereocenters. The van der Waals surface area contributed by atoms with Gasteiger partial charge in [0.25, 0.3) is 0 Å². The first-order valence-corrected chi connectivity index (χ1v) is 7.37. The van der Waals surface area contributed by atoms with Crippen molar-refractivity contribution in [3.05, 3.63) is 18.2 Å². The summed E-state index contributed by atoms with van der Waals surface area (Å²) >= 11 is 0. The van der Waals surface area contributed by atoms with E-state index >= 15 is 0 Å². The van der Waals surface area contributed by atoms with Gasteiger partial charge in [0, 0.05) is 18.9 Å². The maximum atomic E-state index is 12.3. The van der Waals surface area contributed by atoms with E-state index in [-0.39, 0.29) is 12.0 Å². The summed E-state index contributed by atoms with van der Waals surface area (Å²) in [6.45, 7) is 10.4. The predicted octanol–water partition coefficient (Wildman–Crippen LogP) is 2.21. The van der Waals surface area contributed by atoms with E-state index in [0.29, 0.717) is 6.54 Å². The minimum atomic E-state index is -0.423. The van der Waals surface area contributed by atoms with E-state index in [9.17, 15) is 4.79 Å². The molecule has 5 heteroatoms. The fourth-order valence-corrected chi connectivity index (χ4v) is 2.61. The van der Waals surface area contributed by atoms with E-state index in [4.69, 9.17) is 4.74 Å². The SMILES string of the molecule is CCn1ccnc1CN1CCC[C@@H]1C(=O)OC(C)(C)C. The van der Waals surface area contributed by atoms with Crippen molar-refractivity contribution in [3.63, 3.8) is 0 Å². The van der Waals surface area contributed by atoms with Gasteiger partial charge in [-0.05, 0) is 47.1 Å². The van der Waals surface area contributed by atoms with Crippen LogP contribution in [0.3, 0.4) is 0 Å². The molecule has 1 saturated heterocycles. The number of carbonyl (C=O) groups excluding carboxylic acids is 1. The summed E-state index contributed by atoms with van der Waals surface area (Å²) in [6, 6.07) is -0.128. The molecule has 1 aliphatic heterocycles. The van der Waals surface area contributed by atoms with E-state index in [1.54, 1.807) is 0 Å². The fourth-order valence-electron chi connectivity index (χ4n) is 2.61. The molecular formula is C15H25N3O2. The molecule has 0 saturated carbocycles. The van der Waals surface area contributed by atoms with E-state index in [2.05, 4.69) is 21.4 Å². The molecule has 2 rings (SSSR count). The Labute approximate surface area is 120 Å². The van der Waals surface area contributed by atoms with E-state index in [0.717, 1.165) is 31.8 Å². The highest BCUT2D eigenvalue weighted by Crippen LogP contribution is 2.22. The number of rotatable bonds is 4. The number of ether oxygens (including phenoxy) is 1. The normalized spacial score (nSPS) is 20.3. The average molecular weight is 279 g/mol. The number of nitrogens with zero attached hydrogens (tertiary/aromatic N) is 3. The maximum absolute atomic E-state index is 12.3. The molecule has 0 aromatic carbocycles. The van der Waals surface area contributed by atoms with Crippen molar-refractivity contribution in [2.75, 3.05) is 6.54 Å². The number of carbonyl (C=O) groups is 1. The smallest absolute Gasteiger partial charge is 0.323 e. The van der Waals surface area contributed by atoms with Crippen LogP contribution in [-0.4, -0.2) is 38.6 Å². The van der Waals surface area contributed by atoms with Gasteiger partial charge in [0.05, 0.1) is 6.54 Å². The van der Waals surface area contributed by atoms with Gasteiger partial charge in [0.2, 0.25) is 0 Å². The molecule has 0 aliphatic carbocycles. The first-order valence-electron chi connectivity index (χ1n) is 7.37. The molecule has 0 bridgehead atoms. The van der Waals surface area contributed by atoms with Gasteiger partial charge < -0.3 is 9.30 Å². The molecule has 5 nitrogen and oxygen atoms in total. The van der Waals surface area contributed by atoms with E-state index < -0.39 is 5.60 Å². The Morgan fingerprint density at radius 2 is 2.25 bits per heavy atom. The third-order valence-electron chi connectivity index (χ3n) is 3.53. The second-order valence-electron chi connectivity index (χ2n) is 6.29. The van der Waals surface area contributed by atoms with Gasteiger partial charge in [-0.2, -0.15) is 0 Å². The molecular weight excluding hydrogens is 254 g/mol. The number of esters is 1. The summed E-state index contributed by atoms with van der Waals surface area (Å²) in [4.78, 5) is 18.8. The van der Waals surface area contributed by atoms with Crippen molar-refractivity contribution < 1.29 is 9.53 Å². The average Bonchev–Trinajstić information content (AvgIpc) is 2.96. The zero-order chi connectivity index (χ0) is 14.8. The Morgan fingerprint density at radius 1 is 1.50 bits per heavy atom. The minimum absolute atomic E-state index is 0.107. The largest absolute Gasteiger partial charge is 0.459 e. The molecule has 0 N–H and O–H groups in total. The van der Waals surface area contributed by atoms with Crippen molar-refractivity contribution in [1.29, 1.82) is 0 Å². The van der Waals surface area contributed by atoms with Crippen molar-refractivity contribution in [3.8, 4) is 0 Å². The van der Waals surface area contributed by atoms with Crippen LogP contribution in [0.5, 0.6) is 0 Å². The summed E-state index contributed by atoms with van der Waals surface area (Å²) in [5, 5.41) is 0. The van der Waals surface area contributed by atoms with Crippen LogP contribution < -0.4 is 0 Å². The Bertz CT molecular complexity index is 462. The number of hydrogen-bond donors (Lipinski definition) is 0. The number of hydrogen-bond acceptors (Lipinski definition) is 4. The molecule has 112 valence electrons. The molecule has 2 heterocycles. The van der Waals surface area contributed by atoms with Gasteiger partial charge in [-0.3, -0.25) is 9.69 Å². The highest BCUT2D eigenvalue weighted by molar-refractivity contribution is 5.76. The van der Waals surface area contributed by atoms with Crippen molar-refractivity contribution in [2.45, 2.75) is 65.3 Å². The zero-order valence-corrected chi connectivity index (χ0v) is 12.9. The number of imidazole rings is 1. The predicted molar refractivity (Wildman–Crippen MR) is 77.2 cm³/mol. The van der Waals surface area contributed by atoms with Gasteiger partial charge in [-0.15, -0.1) is 0 Å². The molecule has 20 heavy (non-hydrogen) atoms. The zero-order valence-electron chi connectivity index (χ0n) is 12.9. The van der Waals surface area contributed by atoms with Gasteiger partial charge in [0.15, 0.2) is 0 Å². The topological polar surface area (TPSA) is 47.4 Å². The second-order valence-corrected chi connectivity index (χ2v) is 6.29. The van der Waals surface area contributed by atoms with Crippen LogP contribution in [0.4, 0.5) is 0 Å². The lowest BCUT2D eigenvalue weighted by Crippen LogP contribution is -2.40. The summed E-state index contributed by atoms with van der Waals surface area (Å²) in [7, 11) is 0. The Morgan fingerprint density at radius 3 is 2.90 bits per heavy atom. The maximum Gasteiger partial charge on any atom is 0.323 e. The molecule has 1 aliphatic rings. The van der Waals surface area contributed by atoms with Crippen molar-refractivity contribution >= 4 is 5.97 Å². The Hall–Kier alpha value is -1.36. The lowest BCUT2D eigenvalue weighted by molar-refractivity contribution is -0.160. The van der Waals surface area contributed by atoms with Crippen LogP contribution in [0.1, 0.15) is 46.4 Å². The Kier molecular flexibility index (Phi) is 4.48. The molecule has 0 spiro atoms. The third-order valence-corrected chi connectivity index (χ3v) is 3.53. The Balaban J connectivity index is 2.02. The number of aromatic nitrogens is 2. The van der Waals surface area contributed by atoms with E-state index in [1.807, 2.05) is 33.2 Å². The van der Waals surface area contributed by atoms with Crippen molar-refractivity contribution in [2.24, 2.45) is 0 Å². The fraction of sp³-hybridized carbons (Fsp3) is 0.733. The van der Waals surface area contributed by atoms with E-state index in [1.165, 1.54) is 0 Å². The lowest BCUT2D eigenvalue weighted by atomic mass is 10.1. The second kappa shape index (κ2) is 5.95. The molecule has 1 aromatic rings. The van der Waals surface area contributed by atoms with Gasteiger partial charge in [-0.25, -0.2) is 4.98 Å². The van der Waals surface area contributed by atoms with Crippen molar-refractivity contribution in [1.82, 2.24) is 14.5 Å². The van der Waals surface area contributed by atoms with Gasteiger partial charge >= 0.3 is 5.97 Å². The highest BCUT2D eigenvalue weighted by Gasteiger charge is 2.34. The van der Waals surface area contributed by atoms with Crippen LogP contribution in [0, 0.1) is 0 Å². The van der Waals surface area contributed by atoms with Crippen LogP contribution >= 0.6 is 0 Å². The minimum Gasteiger partial charge on any atom is -0.459 e. The summed E-state index contributed by atoms with van der Waals surface area (Å²) in [6.07, 6.45) is 5.71. The summed E-state index contributed by atoms with van der Waals surface area (Å²) < 4.78 is 7.64. The molecule has 0 radical (unpaired) electrons. The van der Waals surface area contributed by atoms with Crippen LogP contribution in [0.25, 0.3) is 0 Å². The summed E-state index contributed by atoms with van der Waals surface area (Å²) in [5.74, 6) is 0.910. The number of aryl methyl sites for hydroxylation is 1. The van der Waals surface area contributed by atoms with Crippen LogP contribution in [0.15, 0.2) is 12.4 Å². The molecule has 1 fully saturated rings. The first-order chi connectivity index (χ1) is 9.40. The van der Waals surface area contributed by atoms with Gasteiger partial charge in [0.1, 0.15) is 17.5 Å². The monoisotopic (exact) mass is 279 g/mol. The molecule has 1 aromatic heterocycles. The lowest BCUT2D eigenvalue weighted by Gasteiger charge is -2.27. The first kappa shape index (κ1) is 15.0. The standard InChI is InChI=1S/C15H25N3O2/c1-5-17-10-8-16-13(17)11-18-9-6-7-12(18)14(19)20-15(2,3)4/h8,10,12H,5-7,9,11H2,1-4H3/t12-/m1/s1.